The molecule has 5 nitrogen and oxygen atoms in total. The smallest absolute Gasteiger partial charge is 0.309 e. The highest BCUT2D eigenvalue weighted by molar-refractivity contribution is 5.95. The van der Waals surface area contributed by atoms with Crippen LogP contribution in [0.1, 0.15) is 72.5 Å². The summed E-state index contributed by atoms with van der Waals surface area (Å²) in [6.07, 6.45) is 5.33. The van der Waals surface area contributed by atoms with Crippen molar-refractivity contribution < 1.29 is 14.3 Å². The topological polar surface area (TPSA) is 58.6 Å². The second kappa shape index (κ2) is 8.75. The fraction of sp³-hybridized carbons (Fsp3) is 0.517. The Hall–Kier alpha value is -2.82. The van der Waals surface area contributed by atoms with Gasteiger partial charge in [0.25, 0.3) is 5.91 Å². The summed E-state index contributed by atoms with van der Waals surface area (Å²) in [7, 11) is 0. The lowest BCUT2D eigenvalue weighted by molar-refractivity contribution is -0.149. The zero-order valence-corrected chi connectivity index (χ0v) is 19.9. The number of hydrogen-bond acceptors (Lipinski definition) is 4. The molecule has 34 heavy (non-hydrogen) atoms. The number of fused-ring (bicyclic) bond motifs is 7. The van der Waals surface area contributed by atoms with Crippen molar-refractivity contribution in [1.29, 1.82) is 0 Å². The van der Waals surface area contributed by atoms with E-state index in [1.165, 1.54) is 36.1 Å². The standard InChI is InChI=1S/C29H34N2O3/c1-2-34-29(33)19-12-14-31(15-13-19)28(32)22-10-11-24-23(17-22)25-20-8-9-21(16-20)26(25)27(30-24)18-6-4-3-5-7-18/h3-7,10-11,17,19-21,25-27,30H,2,8-9,12-16H2,1H3/t20-,21-,25-,26-,27+/m0/s1. The average molecular weight is 459 g/mol. The van der Waals surface area contributed by atoms with E-state index in [4.69, 9.17) is 4.74 Å². The number of amides is 1. The summed E-state index contributed by atoms with van der Waals surface area (Å²) in [6, 6.07) is 17.5. The molecule has 2 bridgehead atoms. The van der Waals surface area contributed by atoms with Crippen LogP contribution in [0.15, 0.2) is 48.5 Å². The molecule has 1 saturated heterocycles. The van der Waals surface area contributed by atoms with Crippen LogP contribution in [0.4, 0.5) is 5.69 Å². The molecule has 2 heterocycles. The van der Waals surface area contributed by atoms with Gasteiger partial charge in [0.05, 0.1) is 18.6 Å². The van der Waals surface area contributed by atoms with E-state index in [9.17, 15) is 9.59 Å². The van der Waals surface area contributed by atoms with E-state index in [2.05, 4.69) is 47.8 Å². The number of nitrogens with one attached hydrogen (secondary N) is 1. The lowest BCUT2D eigenvalue weighted by Gasteiger charge is -2.43. The Morgan fingerprint density at radius 2 is 1.76 bits per heavy atom. The molecule has 2 saturated carbocycles. The van der Waals surface area contributed by atoms with Crippen LogP contribution in [0, 0.1) is 23.7 Å². The Bertz CT molecular complexity index is 1080. The summed E-state index contributed by atoms with van der Waals surface area (Å²) in [5.74, 6) is 2.51. The lowest BCUT2D eigenvalue weighted by Crippen LogP contribution is -2.41. The Morgan fingerprint density at radius 3 is 2.53 bits per heavy atom. The molecule has 3 fully saturated rings. The minimum atomic E-state index is -0.121. The van der Waals surface area contributed by atoms with E-state index in [0.29, 0.717) is 50.4 Å². The number of esters is 1. The van der Waals surface area contributed by atoms with E-state index in [1.807, 2.05) is 17.9 Å². The number of ether oxygens (including phenoxy) is 1. The van der Waals surface area contributed by atoms with Crippen LogP contribution in [0.25, 0.3) is 0 Å². The van der Waals surface area contributed by atoms with Gasteiger partial charge in [-0.05, 0) is 92.0 Å². The number of carbonyl (C=O) groups excluding carboxylic acids is 2. The molecule has 2 aromatic rings. The fourth-order valence-electron chi connectivity index (χ4n) is 7.37. The Balaban J connectivity index is 1.24. The molecule has 2 aliphatic heterocycles. The maximum atomic E-state index is 13.4. The van der Waals surface area contributed by atoms with Crippen LogP contribution >= 0.6 is 0 Å². The van der Waals surface area contributed by atoms with Crippen LogP contribution in [-0.4, -0.2) is 36.5 Å². The van der Waals surface area contributed by atoms with Crippen LogP contribution < -0.4 is 5.32 Å². The molecular formula is C29H34N2O3. The number of nitrogens with zero attached hydrogens (tertiary/aromatic N) is 1. The Kier molecular flexibility index (Phi) is 5.59. The van der Waals surface area contributed by atoms with Gasteiger partial charge >= 0.3 is 5.97 Å². The summed E-state index contributed by atoms with van der Waals surface area (Å²) in [4.78, 5) is 27.4. The zero-order valence-electron chi connectivity index (χ0n) is 19.9. The maximum Gasteiger partial charge on any atom is 0.309 e. The minimum absolute atomic E-state index is 0.0820. The van der Waals surface area contributed by atoms with E-state index < -0.39 is 0 Å². The predicted molar refractivity (Wildman–Crippen MR) is 132 cm³/mol. The normalized spacial score (nSPS) is 29.8. The highest BCUT2D eigenvalue weighted by atomic mass is 16.5. The van der Waals surface area contributed by atoms with Gasteiger partial charge in [0, 0.05) is 24.3 Å². The van der Waals surface area contributed by atoms with Gasteiger partial charge in [0.15, 0.2) is 0 Å². The molecule has 2 aliphatic carbocycles. The summed E-state index contributed by atoms with van der Waals surface area (Å²) in [6.45, 7) is 3.48. The van der Waals surface area contributed by atoms with E-state index in [-0.39, 0.29) is 17.8 Å². The van der Waals surface area contributed by atoms with Gasteiger partial charge in [-0.25, -0.2) is 0 Å². The van der Waals surface area contributed by atoms with Gasteiger partial charge in [-0.2, -0.15) is 0 Å². The summed E-state index contributed by atoms with van der Waals surface area (Å²) < 4.78 is 5.18. The van der Waals surface area contributed by atoms with Crippen LogP contribution in [0.3, 0.4) is 0 Å². The van der Waals surface area contributed by atoms with E-state index >= 15 is 0 Å². The van der Waals surface area contributed by atoms with Crippen LogP contribution in [0.5, 0.6) is 0 Å². The first-order chi connectivity index (χ1) is 16.6. The number of hydrogen-bond donors (Lipinski definition) is 1. The highest BCUT2D eigenvalue weighted by Crippen LogP contribution is 2.63. The molecule has 5 heteroatoms. The number of likely N-dealkylation sites (tertiary alicyclic amines) is 1. The maximum absolute atomic E-state index is 13.4. The molecule has 1 amide bonds. The monoisotopic (exact) mass is 458 g/mol. The fourth-order valence-corrected chi connectivity index (χ4v) is 7.37. The molecule has 6 rings (SSSR count). The number of benzene rings is 2. The van der Waals surface area contributed by atoms with Gasteiger partial charge in [-0.1, -0.05) is 30.3 Å². The van der Waals surface area contributed by atoms with Gasteiger partial charge < -0.3 is 15.0 Å². The zero-order chi connectivity index (χ0) is 23.2. The Morgan fingerprint density at radius 1 is 1.00 bits per heavy atom. The van der Waals surface area contributed by atoms with Crippen LogP contribution in [-0.2, 0) is 9.53 Å². The third-order valence-electron chi connectivity index (χ3n) is 8.89. The summed E-state index contributed by atoms with van der Waals surface area (Å²) in [5, 5.41) is 3.87. The first kappa shape index (κ1) is 21.7. The van der Waals surface area contributed by atoms with Gasteiger partial charge in [-0.3, -0.25) is 9.59 Å². The molecule has 0 radical (unpaired) electrons. The molecule has 4 aliphatic rings. The van der Waals surface area contributed by atoms with Crippen molar-refractivity contribution in [1.82, 2.24) is 4.90 Å². The van der Waals surface area contributed by atoms with Crippen molar-refractivity contribution in [2.45, 2.75) is 51.0 Å². The van der Waals surface area contributed by atoms with Gasteiger partial charge in [-0.15, -0.1) is 0 Å². The van der Waals surface area contributed by atoms with Crippen molar-refractivity contribution in [2.24, 2.45) is 23.7 Å². The molecule has 2 aromatic carbocycles. The van der Waals surface area contributed by atoms with E-state index in [1.54, 1.807) is 0 Å². The number of rotatable bonds is 4. The molecule has 5 atom stereocenters. The highest BCUT2D eigenvalue weighted by Gasteiger charge is 2.53. The first-order valence-corrected chi connectivity index (χ1v) is 13.1. The largest absolute Gasteiger partial charge is 0.466 e. The third-order valence-corrected chi connectivity index (χ3v) is 8.89. The number of piperidine rings is 1. The average Bonchev–Trinajstić information content (AvgIpc) is 3.51. The quantitative estimate of drug-likeness (QED) is 0.624. The van der Waals surface area contributed by atoms with Crippen molar-refractivity contribution in [2.75, 3.05) is 25.0 Å². The minimum Gasteiger partial charge on any atom is -0.466 e. The predicted octanol–water partition coefficient (Wildman–Crippen LogP) is 5.40. The molecule has 0 aromatic heterocycles. The summed E-state index contributed by atoms with van der Waals surface area (Å²) >= 11 is 0. The summed E-state index contributed by atoms with van der Waals surface area (Å²) in [5.41, 5.74) is 4.70. The SMILES string of the molecule is CCOC(=O)C1CCN(C(=O)c2ccc3c(c2)[C@@H]2[C@H]4CC[C@@H](C4)[C@@H]2[C@@H](c2ccccc2)N3)CC1. The third kappa shape index (κ3) is 3.60. The first-order valence-electron chi connectivity index (χ1n) is 13.1. The second-order valence-electron chi connectivity index (χ2n) is 10.6. The van der Waals surface area contributed by atoms with E-state index in [0.717, 1.165) is 17.4 Å². The Labute approximate surface area is 201 Å². The molecule has 178 valence electrons. The molecular weight excluding hydrogens is 424 g/mol. The lowest BCUT2D eigenvalue weighted by atomic mass is 9.68. The van der Waals surface area contributed by atoms with Crippen molar-refractivity contribution >= 4 is 17.6 Å². The van der Waals surface area contributed by atoms with Crippen LogP contribution in [0.2, 0.25) is 0 Å². The number of anilines is 1. The second-order valence-corrected chi connectivity index (χ2v) is 10.6. The van der Waals surface area contributed by atoms with Gasteiger partial charge in [0.1, 0.15) is 0 Å². The van der Waals surface area contributed by atoms with Gasteiger partial charge in [0.2, 0.25) is 0 Å². The van der Waals surface area contributed by atoms with Crippen molar-refractivity contribution in [3.63, 3.8) is 0 Å². The molecule has 1 N–H and O–H groups in total. The number of carbonyl (C=O) groups is 2. The molecule has 0 unspecified atom stereocenters. The van der Waals surface area contributed by atoms with Crippen molar-refractivity contribution in [3.05, 3.63) is 65.2 Å². The molecule has 0 spiro atoms. The van der Waals surface area contributed by atoms with Crippen molar-refractivity contribution in [3.8, 4) is 0 Å².